The summed E-state index contributed by atoms with van der Waals surface area (Å²) in [6.07, 6.45) is 7.55. The second-order valence-corrected chi connectivity index (χ2v) is 6.53. The highest BCUT2D eigenvalue weighted by Gasteiger charge is 2.44. The molecule has 3 rings (SSSR count). The minimum absolute atomic E-state index is 0.0555. The zero-order chi connectivity index (χ0) is 13.3. The first-order valence-corrected chi connectivity index (χ1v) is 7.77. The molecule has 1 saturated heterocycles. The highest BCUT2D eigenvalue weighted by Crippen LogP contribution is 2.38. The van der Waals surface area contributed by atoms with Crippen molar-refractivity contribution >= 4 is 0 Å². The first-order chi connectivity index (χ1) is 9.22. The molecule has 1 unspecified atom stereocenters. The van der Waals surface area contributed by atoms with Crippen LogP contribution in [0.1, 0.15) is 70.0 Å². The van der Waals surface area contributed by atoms with Crippen molar-refractivity contribution in [2.45, 2.75) is 63.7 Å². The third-order valence-electron chi connectivity index (χ3n) is 5.13. The van der Waals surface area contributed by atoms with E-state index in [4.69, 9.17) is 9.51 Å². The Labute approximate surface area is 115 Å². The van der Waals surface area contributed by atoms with Gasteiger partial charge in [-0.15, -0.1) is 0 Å². The summed E-state index contributed by atoms with van der Waals surface area (Å²) in [6, 6.07) is 0. The summed E-state index contributed by atoms with van der Waals surface area (Å²) in [5, 5.41) is 7.75. The molecule has 1 aliphatic carbocycles. The van der Waals surface area contributed by atoms with Gasteiger partial charge in [0, 0.05) is 12.5 Å². The van der Waals surface area contributed by atoms with Crippen molar-refractivity contribution in [1.29, 1.82) is 0 Å². The number of nitrogens with zero attached hydrogens (tertiary/aromatic N) is 2. The summed E-state index contributed by atoms with van der Waals surface area (Å²) >= 11 is 0. The Hall–Kier alpha value is -0.900. The van der Waals surface area contributed by atoms with Crippen molar-refractivity contribution in [3.8, 4) is 0 Å². The Bertz CT molecular complexity index is 415. The summed E-state index contributed by atoms with van der Waals surface area (Å²) in [4.78, 5) is 4.79. The Morgan fingerprint density at radius 2 is 2.05 bits per heavy atom. The van der Waals surface area contributed by atoms with Gasteiger partial charge in [0.1, 0.15) is 0 Å². The van der Waals surface area contributed by atoms with Gasteiger partial charge >= 0.3 is 0 Å². The maximum atomic E-state index is 5.67. The van der Waals surface area contributed by atoms with Crippen molar-refractivity contribution in [1.82, 2.24) is 15.5 Å². The zero-order valence-electron chi connectivity index (χ0n) is 12.1. The fraction of sp³-hybridized carbons (Fsp3) is 0.867. The van der Waals surface area contributed by atoms with Gasteiger partial charge < -0.3 is 9.84 Å². The van der Waals surface area contributed by atoms with E-state index in [0.717, 1.165) is 31.2 Å². The van der Waals surface area contributed by atoms with E-state index in [-0.39, 0.29) is 5.41 Å². The third-order valence-corrected chi connectivity index (χ3v) is 5.13. The van der Waals surface area contributed by atoms with Gasteiger partial charge in [0.2, 0.25) is 5.89 Å². The van der Waals surface area contributed by atoms with Crippen LogP contribution in [0.15, 0.2) is 4.52 Å². The third kappa shape index (κ3) is 2.31. The Morgan fingerprint density at radius 3 is 2.68 bits per heavy atom. The summed E-state index contributed by atoms with van der Waals surface area (Å²) in [5.74, 6) is 2.89. The fourth-order valence-electron chi connectivity index (χ4n) is 3.60. The van der Waals surface area contributed by atoms with E-state index in [9.17, 15) is 0 Å². The molecule has 1 N–H and O–H groups in total. The minimum atomic E-state index is 0.0555. The molecule has 106 valence electrons. The van der Waals surface area contributed by atoms with Crippen LogP contribution in [0.5, 0.6) is 0 Å². The van der Waals surface area contributed by atoms with Crippen LogP contribution >= 0.6 is 0 Å². The molecule has 19 heavy (non-hydrogen) atoms. The Kier molecular flexibility index (Phi) is 3.61. The number of hydrogen-bond donors (Lipinski definition) is 1. The molecule has 0 aromatic carbocycles. The van der Waals surface area contributed by atoms with Crippen molar-refractivity contribution < 1.29 is 4.52 Å². The van der Waals surface area contributed by atoms with Gasteiger partial charge in [-0.1, -0.05) is 38.3 Å². The SMILES string of the molecule is CC(C)C1(c2nc(C3CCCCC3)no2)CCNC1. The summed E-state index contributed by atoms with van der Waals surface area (Å²) < 4.78 is 5.67. The van der Waals surface area contributed by atoms with Crippen LogP contribution in [0.25, 0.3) is 0 Å². The second-order valence-electron chi connectivity index (χ2n) is 6.53. The van der Waals surface area contributed by atoms with E-state index >= 15 is 0 Å². The van der Waals surface area contributed by atoms with Crippen LogP contribution < -0.4 is 5.32 Å². The number of rotatable bonds is 3. The first kappa shape index (κ1) is 13.1. The molecule has 1 aromatic heterocycles. The molecular weight excluding hydrogens is 238 g/mol. The maximum absolute atomic E-state index is 5.67. The predicted molar refractivity (Wildman–Crippen MR) is 74.1 cm³/mol. The van der Waals surface area contributed by atoms with Crippen LogP contribution in [0.2, 0.25) is 0 Å². The van der Waals surface area contributed by atoms with Crippen LogP contribution in [0.3, 0.4) is 0 Å². The van der Waals surface area contributed by atoms with Gasteiger partial charge in [0.25, 0.3) is 0 Å². The predicted octanol–water partition coefficient (Wildman–Crippen LogP) is 3.00. The lowest BCUT2D eigenvalue weighted by molar-refractivity contribution is 0.233. The average molecular weight is 263 g/mol. The van der Waals surface area contributed by atoms with Gasteiger partial charge in [-0.25, -0.2) is 0 Å². The molecule has 1 saturated carbocycles. The molecule has 0 bridgehead atoms. The second kappa shape index (κ2) is 5.23. The van der Waals surface area contributed by atoms with Crippen molar-refractivity contribution in [2.75, 3.05) is 13.1 Å². The molecule has 0 spiro atoms. The highest BCUT2D eigenvalue weighted by atomic mass is 16.5. The minimum Gasteiger partial charge on any atom is -0.339 e. The molecule has 4 nitrogen and oxygen atoms in total. The van der Waals surface area contributed by atoms with Crippen LogP contribution in [0, 0.1) is 5.92 Å². The molecule has 2 aliphatic rings. The largest absolute Gasteiger partial charge is 0.339 e. The van der Waals surface area contributed by atoms with Gasteiger partial charge in [-0.2, -0.15) is 4.98 Å². The van der Waals surface area contributed by atoms with Gasteiger partial charge in [-0.3, -0.25) is 0 Å². The molecule has 0 radical (unpaired) electrons. The quantitative estimate of drug-likeness (QED) is 0.910. The first-order valence-electron chi connectivity index (χ1n) is 7.77. The van der Waals surface area contributed by atoms with Crippen molar-refractivity contribution in [3.63, 3.8) is 0 Å². The number of hydrogen-bond acceptors (Lipinski definition) is 4. The van der Waals surface area contributed by atoms with Gasteiger partial charge in [0.05, 0.1) is 5.41 Å². The van der Waals surface area contributed by atoms with E-state index in [1.165, 1.54) is 32.1 Å². The highest BCUT2D eigenvalue weighted by molar-refractivity contribution is 5.13. The number of aromatic nitrogens is 2. The zero-order valence-corrected chi connectivity index (χ0v) is 12.1. The molecule has 1 atom stereocenters. The van der Waals surface area contributed by atoms with Gasteiger partial charge in [0.15, 0.2) is 5.82 Å². The monoisotopic (exact) mass is 263 g/mol. The van der Waals surface area contributed by atoms with Gasteiger partial charge in [-0.05, 0) is 31.7 Å². The summed E-state index contributed by atoms with van der Waals surface area (Å²) in [7, 11) is 0. The normalized spacial score (nSPS) is 29.2. The lowest BCUT2D eigenvalue weighted by Gasteiger charge is -2.28. The summed E-state index contributed by atoms with van der Waals surface area (Å²) in [5.41, 5.74) is 0.0555. The molecule has 1 aromatic rings. The number of nitrogens with one attached hydrogen (secondary N) is 1. The van der Waals surface area contributed by atoms with Crippen LogP contribution in [-0.4, -0.2) is 23.2 Å². The van der Waals surface area contributed by atoms with E-state index in [0.29, 0.717) is 11.8 Å². The molecular formula is C15H25N3O. The topological polar surface area (TPSA) is 51.0 Å². The van der Waals surface area contributed by atoms with E-state index in [1.807, 2.05) is 0 Å². The molecule has 4 heteroatoms. The molecule has 1 aliphatic heterocycles. The molecule has 2 heterocycles. The summed E-state index contributed by atoms with van der Waals surface area (Å²) in [6.45, 7) is 6.55. The molecule has 2 fully saturated rings. The fourth-order valence-corrected chi connectivity index (χ4v) is 3.60. The lowest BCUT2D eigenvalue weighted by Crippen LogP contribution is -2.35. The average Bonchev–Trinajstić information content (AvgIpc) is 3.09. The van der Waals surface area contributed by atoms with E-state index < -0.39 is 0 Å². The van der Waals surface area contributed by atoms with Crippen molar-refractivity contribution in [2.24, 2.45) is 5.92 Å². The Balaban J connectivity index is 1.83. The van der Waals surface area contributed by atoms with Crippen molar-refractivity contribution in [3.05, 3.63) is 11.7 Å². The maximum Gasteiger partial charge on any atom is 0.234 e. The lowest BCUT2D eigenvalue weighted by atomic mass is 9.76. The van der Waals surface area contributed by atoms with Crippen LogP contribution in [-0.2, 0) is 5.41 Å². The standard InChI is InChI=1S/C15H25N3O/c1-11(2)15(8-9-16-10-15)14-17-13(18-19-14)12-6-4-3-5-7-12/h11-12,16H,3-10H2,1-2H3. The Morgan fingerprint density at radius 1 is 1.26 bits per heavy atom. The van der Waals surface area contributed by atoms with E-state index in [2.05, 4.69) is 24.3 Å². The van der Waals surface area contributed by atoms with Crippen LogP contribution in [0.4, 0.5) is 0 Å². The smallest absolute Gasteiger partial charge is 0.234 e. The molecule has 0 amide bonds. The van der Waals surface area contributed by atoms with E-state index in [1.54, 1.807) is 0 Å².